The molecule has 1 aromatic heterocycles. The highest BCUT2D eigenvalue weighted by molar-refractivity contribution is 8.05. The van der Waals surface area contributed by atoms with Gasteiger partial charge >= 0.3 is 5.97 Å². The molecule has 20 heavy (non-hydrogen) atoms. The highest BCUT2D eigenvalue weighted by atomic mass is 32.2. The van der Waals surface area contributed by atoms with Crippen LogP contribution in [0.3, 0.4) is 0 Å². The van der Waals surface area contributed by atoms with Crippen LogP contribution >= 0.6 is 0 Å². The van der Waals surface area contributed by atoms with Crippen LogP contribution in [-0.4, -0.2) is 44.1 Å². The molecule has 0 unspecified atom stereocenters. The zero-order chi connectivity index (χ0) is 15.3. The summed E-state index contributed by atoms with van der Waals surface area (Å²) >= 11 is 0. The maximum atomic E-state index is 11.5. The van der Waals surface area contributed by atoms with E-state index in [4.69, 9.17) is 4.74 Å². The molecule has 0 aliphatic rings. The van der Waals surface area contributed by atoms with E-state index in [2.05, 4.69) is 21.7 Å². The number of aliphatic imine (C=N–C) groups is 2. The van der Waals surface area contributed by atoms with E-state index in [1.54, 1.807) is 13.8 Å². The Hall–Kier alpha value is -2.09. The average molecular weight is 297 g/mol. The Morgan fingerprint density at radius 3 is 2.60 bits per heavy atom. The third-order valence-corrected chi connectivity index (χ3v) is 3.11. The standard InChI is InChI=1S/C12H15N3O4S/c1-5-19-11(16)9-6-8(2)10(14-7-9)15-12(13-3)20(4,17)18/h6-7H,3,5H2,1-2,4H3/b15-12+. The summed E-state index contributed by atoms with van der Waals surface area (Å²) in [7, 11) is -3.58. The number of hydrogen-bond acceptors (Lipinski definition) is 6. The first kappa shape index (κ1) is 16.0. The number of pyridine rings is 1. The van der Waals surface area contributed by atoms with Gasteiger partial charge in [0.2, 0.25) is 15.0 Å². The minimum atomic E-state index is -3.58. The summed E-state index contributed by atoms with van der Waals surface area (Å²) < 4.78 is 27.6. The van der Waals surface area contributed by atoms with Crippen LogP contribution in [0.25, 0.3) is 0 Å². The Morgan fingerprint density at radius 2 is 2.15 bits per heavy atom. The molecule has 0 amide bonds. The van der Waals surface area contributed by atoms with E-state index in [1.807, 2.05) is 0 Å². The molecule has 0 aliphatic heterocycles. The van der Waals surface area contributed by atoms with Crippen molar-refractivity contribution in [3.63, 3.8) is 0 Å². The third kappa shape index (κ3) is 3.95. The summed E-state index contributed by atoms with van der Waals surface area (Å²) in [5.41, 5.74) is 0.802. The highest BCUT2D eigenvalue weighted by Gasteiger charge is 2.14. The van der Waals surface area contributed by atoms with Crippen LogP contribution in [0.4, 0.5) is 5.82 Å². The van der Waals surface area contributed by atoms with Gasteiger partial charge in [-0.25, -0.2) is 23.2 Å². The van der Waals surface area contributed by atoms with Crippen LogP contribution < -0.4 is 0 Å². The molecule has 108 valence electrons. The molecular formula is C12H15N3O4S. The van der Waals surface area contributed by atoms with Crippen LogP contribution in [0.1, 0.15) is 22.8 Å². The first-order valence-electron chi connectivity index (χ1n) is 5.68. The molecule has 0 N–H and O–H groups in total. The molecule has 0 spiro atoms. The summed E-state index contributed by atoms with van der Waals surface area (Å²) in [6, 6.07) is 1.52. The second-order valence-corrected chi connectivity index (χ2v) is 5.82. The van der Waals surface area contributed by atoms with E-state index in [0.717, 1.165) is 6.26 Å². The van der Waals surface area contributed by atoms with Crippen molar-refractivity contribution in [3.8, 4) is 0 Å². The smallest absolute Gasteiger partial charge is 0.339 e. The van der Waals surface area contributed by atoms with Gasteiger partial charge in [0.25, 0.3) is 0 Å². The Balaban J connectivity index is 3.20. The number of carbonyl (C=O) groups excluding carboxylic acids is 1. The first-order chi connectivity index (χ1) is 9.29. The topological polar surface area (TPSA) is 98.0 Å². The number of aromatic nitrogens is 1. The van der Waals surface area contributed by atoms with E-state index in [1.165, 1.54) is 12.3 Å². The van der Waals surface area contributed by atoms with Gasteiger partial charge in [0.1, 0.15) is 0 Å². The molecule has 0 aliphatic carbocycles. The summed E-state index contributed by atoms with van der Waals surface area (Å²) in [6.45, 7) is 6.77. The lowest BCUT2D eigenvalue weighted by atomic mass is 10.2. The van der Waals surface area contributed by atoms with Gasteiger partial charge in [-0.3, -0.25) is 0 Å². The van der Waals surface area contributed by atoms with Gasteiger partial charge in [0, 0.05) is 12.5 Å². The maximum Gasteiger partial charge on any atom is 0.339 e. The van der Waals surface area contributed by atoms with Crippen molar-refractivity contribution in [3.05, 3.63) is 23.4 Å². The van der Waals surface area contributed by atoms with Crippen LogP contribution in [-0.2, 0) is 14.6 Å². The van der Waals surface area contributed by atoms with E-state index in [-0.39, 0.29) is 18.0 Å². The molecule has 0 radical (unpaired) electrons. The van der Waals surface area contributed by atoms with Crippen molar-refractivity contribution in [1.29, 1.82) is 0 Å². The summed E-state index contributed by atoms with van der Waals surface area (Å²) in [6.07, 6.45) is 2.25. The molecule has 7 nitrogen and oxygen atoms in total. The largest absolute Gasteiger partial charge is 0.462 e. The Kier molecular flexibility index (Phi) is 5.09. The number of nitrogens with zero attached hydrogens (tertiary/aromatic N) is 3. The van der Waals surface area contributed by atoms with Gasteiger partial charge in [-0.2, -0.15) is 4.99 Å². The number of ether oxygens (including phenoxy) is 1. The molecule has 0 saturated carbocycles. The maximum absolute atomic E-state index is 11.5. The van der Waals surface area contributed by atoms with E-state index in [0.29, 0.717) is 5.56 Å². The molecule has 0 aromatic carbocycles. The zero-order valence-corrected chi connectivity index (χ0v) is 12.3. The number of esters is 1. The summed E-state index contributed by atoms with van der Waals surface area (Å²) in [5.74, 6) is -0.338. The lowest BCUT2D eigenvalue weighted by Crippen LogP contribution is -2.10. The van der Waals surface area contributed by atoms with Crippen LogP contribution in [0.2, 0.25) is 0 Å². The Labute approximate surface area is 117 Å². The van der Waals surface area contributed by atoms with Crippen molar-refractivity contribution in [2.75, 3.05) is 12.9 Å². The fourth-order valence-corrected chi connectivity index (χ4v) is 1.82. The minimum absolute atomic E-state index is 0.158. The number of aryl methyl sites for hydroxylation is 1. The molecule has 0 atom stereocenters. The Morgan fingerprint density at radius 1 is 1.50 bits per heavy atom. The monoisotopic (exact) mass is 297 g/mol. The second-order valence-electron chi connectivity index (χ2n) is 3.91. The SMILES string of the molecule is C=N/C(=N\c1ncc(C(=O)OCC)cc1C)S(C)(=O)=O. The van der Waals surface area contributed by atoms with Gasteiger partial charge in [-0.05, 0) is 32.2 Å². The van der Waals surface area contributed by atoms with Gasteiger partial charge in [-0.1, -0.05) is 0 Å². The molecule has 0 bridgehead atoms. The third-order valence-electron chi connectivity index (χ3n) is 2.23. The fourth-order valence-electron chi connectivity index (χ4n) is 1.34. The lowest BCUT2D eigenvalue weighted by Gasteiger charge is -2.04. The van der Waals surface area contributed by atoms with Gasteiger partial charge in [-0.15, -0.1) is 0 Å². The molecule has 1 heterocycles. The predicted molar refractivity (Wildman–Crippen MR) is 76.4 cm³/mol. The Bertz CT molecular complexity index is 665. The van der Waals surface area contributed by atoms with Crippen LogP contribution in [0, 0.1) is 6.92 Å². The van der Waals surface area contributed by atoms with Crippen LogP contribution in [0.15, 0.2) is 22.2 Å². The van der Waals surface area contributed by atoms with Crippen molar-refractivity contribution in [2.45, 2.75) is 13.8 Å². The highest BCUT2D eigenvalue weighted by Crippen LogP contribution is 2.18. The molecule has 1 rings (SSSR count). The summed E-state index contributed by atoms with van der Waals surface area (Å²) in [4.78, 5) is 22.7. The average Bonchev–Trinajstić information content (AvgIpc) is 2.36. The van der Waals surface area contributed by atoms with E-state index in [9.17, 15) is 13.2 Å². The normalized spacial score (nSPS) is 12.1. The van der Waals surface area contributed by atoms with E-state index < -0.39 is 21.0 Å². The number of rotatable bonds is 3. The lowest BCUT2D eigenvalue weighted by molar-refractivity contribution is 0.0526. The molecule has 8 heteroatoms. The second kappa shape index (κ2) is 6.38. The van der Waals surface area contributed by atoms with Gasteiger partial charge in [0.05, 0.1) is 12.2 Å². The van der Waals surface area contributed by atoms with Gasteiger partial charge < -0.3 is 4.74 Å². The summed E-state index contributed by atoms with van der Waals surface area (Å²) in [5, 5.41) is -0.419. The zero-order valence-electron chi connectivity index (χ0n) is 11.5. The molecule has 1 aromatic rings. The number of hydrogen-bond donors (Lipinski definition) is 0. The predicted octanol–water partition coefficient (Wildman–Crippen LogP) is 1.30. The van der Waals surface area contributed by atoms with Crippen molar-refractivity contribution in [1.82, 2.24) is 4.98 Å². The molecule has 0 fully saturated rings. The molecular weight excluding hydrogens is 282 g/mol. The number of sulfone groups is 1. The first-order valence-corrected chi connectivity index (χ1v) is 7.58. The van der Waals surface area contributed by atoms with Crippen molar-refractivity contribution < 1.29 is 17.9 Å². The van der Waals surface area contributed by atoms with Crippen molar-refractivity contribution in [2.24, 2.45) is 9.98 Å². The molecule has 0 saturated heterocycles. The van der Waals surface area contributed by atoms with Gasteiger partial charge in [0.15, 0.2) is 5.82 Å². The van der Waals surface area contributed by atoms with E-state index >= 15 is 0 Å². The van der Waals surface area contributed by atoms with Crippen molar-refractivity contribution >= 4 is 33.5 Å². The fraction of sp³-hybridized carbons (Fsp3) is 0.333. The van der Waals surface area contributed by atoms with Crippen LogP contribution in [0.5, 0.6) is 0 Å². The number of amidine groups is 1. The minimum Gasteiger partial charge on any atom is -0.462 e. The quantitative estimate of drug-likeness (QED) is 0.476. The number of carbonyl (C=O) groups is 1.